The first-order valence-electron chi connectivity index (χ1n) is 5.00. The summed E-state index contributed by atoms with van der Waals surface area (Å²) in [4.78, 5) is 5.18. The van der Waals surface area contributed by atoms with E-state index in [4.69, 9.17) is 27.7 Å². The van der Waals surface area contributed by atoms with Gasteiger partial charge in [-0.2, -0.15) is 4.98 Å². The molecule has 0 N–H and O–H groups in total. The number of hydrogen-bond donors (Lipinski definition) is 0. The summed E-state index contributed by atoms with van der Waals surface area (Å²) in [6, 6.07) is 7.65. The van der Waals surface area contributed by atoms with Gasteiger partial charge in [0.2, 0.25) is 5.89 Å². The maximum absolute atomic E-state index is 6.04. The van der Waals surface area contributed by atoms with Crippen molar-refractivity contribution in [2.75, 3.05) is 0 Å². The average molecular weight is 289 g/mol. The van der Waals surface area contributed by atoms with E-state index in [1.54, 1.807) is 18.7 Å². The van der Waals surface area contributed by atoms with E-state index >= 15 is 0 Å². The highest BCUT2D eigenvalue weighted by atomic mass is 35.5. The molecule has 0 bridgehead atoms. The van der Waals surface area contributed by atoms with Gasteiger partial charge in [0.1, 0.15) is 5.38 Å². The lowest BCUT2D eigenvalue weighted by Gasteiger charge is -2.00. The maximum atomic E-state index is 6.04. The molecule has 2 aromatic rings. The predicted octanol–water partition coefficient (Wildman–Crippen LogP) is 4.32. The van der Waals surface area contributed by atoms with Crippen molar-refractivity contribution in [2.24, 2.45) is 0 Å². The third kappa shape index (κ3) is 3.37. The van der Waals surface area contributed by atoms with E-state index in [2.05, 4.69) is 10.1 Å². The third-order valence-corrected chi connectivity index (χ3v) is 3.72. The van der Waals surface area contributed by atoms with Crippen molar-refractivity contribution in [3.8, 4) is 0 Å². The zero-order chi connectivity index (χ0) is 12.3. The fraction of sp³-hybridized carbons (Fsp3) is 0.273. The predicted molar refractivity (Wildman–Crippen MR) is 69.6 cm³/mol. The molecule has 0 saturated carbocycles. The number of aromatic nitrogens is 2. The van der Waals surface area contributed by atoms with Crippen LogP contribution in [0.15, 0.2) is 33.7 Å². The summed E-state index contributed by atoms with van der Waals surface area (Å²) in [5.74, 6) is 1.68. The summed E-state index contributed by atoms with van der Waals surface area (Å²) >= 11 is 13.4. The normalized spacial score (nSPS) is 12.6. The van der Waals surface area contributed by atoms with Gasteiger partial charge in [-0.1, -0.05) is 28.9 Å². The highest BCUT2D eigenvalue weighted by Gasteiger charge is 2.11. The maximum Gasteiger partial charge on any atom is 0.244 e. The van der Waals surface area contributed by atoms with Gasteiger partial charge < -0.3 is 4.52 Å². The molecule has 0 radical (unpaired) electrons. The lowest BCUT2D eigenvalue weighted by atomic mass is 10.4. The summed E-state index contributed by atoms with van der Waals surface area (Å²) in [6.45, 7) is 1.79. The van der Waals surface area contributed by atoms with Crippen molar-refractivity contribution in [1.29, 1.82) is 0 Å². The van der Waals surface area contributed by atoms with Crippen LogP contribution in [0.3, 0.4) is 0 Å². The molecule has 1 heterocycles. The molecular weight excluding hydrogens is 279 g/mol. The van der Waals surface area contributed by atoms with Crippen molar-refractivity contribution >= 4 is 35.0 Å². The summed E-state index contributed by atoms with van der Waals surface area (Å²) in [7, 11) is 0. The van der Waals surface area contributed by atoms with Gasteiger partial charge in [-0.15, -0.1) is 23.4 Å². The van der Waals surface area contributed by atoms with E-state index in [-0.39, 0.29) is 5.38 Å². The number of benzene rings is 1. The fourth-order valence-electron chi connectivity index (χ4n) is 1.19. The van der Waals surface area contributed by atoms with Crippen LogP contribution in [0, 0.1) is 0 Å². The van der Waals surface area contributed by atoms with E-state index in [0.717, 1.165) is 9.92 Å². The van der Waals surface area contributed by atoms with Crippen molar-refractivity contribution in [1.82, 2.24) is 10.1 Å². The molecule has 0 aliphatic rings. The second-order valence-electron chi connectivity index (χ2n) is 3.38. The van der Waals surface area contributed by atoms with Crippen LogP contribution in [0.25, 0.3) is 0 Å². The second-order valence-corrected chi connectivity index (χ2v) is 5.46. The van der Waals surface area contributed by atoms with Crippen LogP contribution in [-0.4, -0.2) is 10.1 Å². The van der Waals surface area contributed by atoms with Crippen molar-refractivity contribution < 1.29 is 4.52 Å². The number of hydrogen-bond acceptors (Lipinski definition) is 4. The SMILES string of the molecule is CC(Cl)c1nc(CSc2ccccc2Cl)no1. The fourth-order valence-corrected chi connectivity index (χ4v) is 2.36. The van der Waals surface area contributed by atoms with Crippen LogP contribution in [-0.2, 0) is 5.75 Å². The molecule has 90 valence electrons. The van der Waals surface area contributed by atoms with Gasteiger partial charge >= 0.3 is 0 Å². The Bertz CT molecular complexity index is 502. The Kier molecular flexibility index (Phi) is 4.31. The molecule has 1 atom stereocenters. The molecule has 2 rings (SSSR count). The minimum absolute atomic E-state index is 0.262. The minimum atomic E-state index is -0.262. The topological polar surface area (TPSA) is 38.9 Å². The molecule has 0 fully saturated rings. The van der Waals surface area contributed by atoms with Crippen molar-refractivity contribution in [2.45, 2.75) is 22.9 Å². The number of thioether (sulfide) groups is 1. The smallest absolute Gasteiger partial charge is 0.244 e. The van der Waals surface area contributed by atoms with Gasteiger partial charge in [-0.05, 0) is 19.1 Å². The molecule has 0 aliphatic carbocycles. The summed E-state index contributed by atoms with van der Waals surface area (Å²) in [6.07, 6.45) is 0. The Morgan fingerprint density at radius 2 is 2.18 bits per heavy atom. The molecule has 1 aromatic heterocycles. The first kappa shape index (κ1) is 12.7. The van der Waals surface area contributed by atoms with Crippen LogP contribution in [0.4, 0.5) is 0 Å². The Balaban J connectivity index is 2.00. The Hall–Kier alpha value is -0.710. The zero-order valence-corrected chi connectivity index (χ0v) is 11.4. The van der Waals surface area contributed by atoms with Crippen LogP contribution in [0.2, 0.25) is 5.02 Å². The van der Waals surface area contributed by atoms with E-state index in [0.29, 0.717) is 17.5 Å². The Morgan fingerprint density at radius 3 is 2.82 bits per heavy atom. The van der Waals surface area contributed by atoms with Crippen LogP contribution in [0.1, 0.15) is 24.0 Å². The largest absolute Gasteiger partial charge is 0.338 e. The summed E-state index contributed by atoms with van der Waals surface area (Å²) in [5, 5.41) is 4.31. The lowest BCUT2D eigenvalue weighted by molar-refractivity contribution is 0.375. The van der Waals surface area contributed by atoms with Gasteiger partial charge in [0.25, 0.3) is 0 Å². The summed E-state index contributed by atoms with van der Waals surface area (Å²) < 4.78 is 5.01. The molecule has 6 heteroatoms. The number of nitrogens with zero attached hydrogens (tertiary/aromatic N) is 2. The molecule has 1 unspecified atom stereocenters. The molecule has 3 nitrogen and oxygen atoms in total. The van der Waals surface area contributed by atoms with E-state index < -0.39 is 0 Å². The van der Waals surface area contributed by atoms with Crippen molar-refractivity contribution in [3.05, 3.63) is 41.0 Å². The number of rotatable bonds is 4. The van der Waals surface area contributed by atoms with Gasteiger partial charge in [0.15, 0.2) is 5.82 Å². The van der Waals surface area contributed by atoms with Gasteiger partial charge in [-0.25, -0.2) is 0 Å². The Morgan fingerprint density at radius 1 is 1.41 bits per heavy atom. The van der Waals surface area contributed by atoms with Gasteiger partial charge in [0, 0.05) is 4.90 Å². The molecular formula is C11H10Cl2N2OS. The van der Waals surface area contributed by atoms with Gasteiger partial charge in [0.05, 0.1) is 10.8 Å². The lowest BCUT2D eigenvalue weighted by Crippen LogP contribution is -1.87. The minimum Gasteiger partial charge on any atom is -0.338 e. The molecule has 0 saturated heterocycles. The van der Waals surface area contributed by atoms with Crippen LogP contribution >= 0.6 is 35.0 Å². The Labute approximate surface area is 113 Å². The average Bonchev–Trinajstić information content (AvgIpc) is 2.77. The number of halogens is 2. The third-order valence-electron chi connectivity index (χ3n) is 2.02. The standard InChI is InChI=1S/C11H10Cl2N2OS/c1-7(12)11-14-10(15-16-11)6-17-9-5-3-2-4-8(9)13/h2-5,7H,6H2,1H3. The van der Waals surface area contributed by atoms with E-state index in [1.165, 1.54) is 0 Å². The molecule has 0 amide bonds. The van der Waals surface area contributed by atoms with E-state index in [9.17, 15) is 0 Å². The molecule has 17 heavy (non-hydrogen) atoms. The quantitative estimate of drug-likeness (QED) is 0.621. The molecule has 0 aliphatic heterocycles. The second kappa shape index (κ2) is 5.76. The highest BCUT2D eigenvalue weighted by molar-refractivity contribution is 7.98. The van der Waals surface area contributed by atoms with Crippen molar-refractivity contribution in [3.63, 3.8) is 0 Å². The zero-order valence-electron chi connectivity index (χ0n) is 9.06. The summed E-state index contributed by atoms with van der Waals surface area (Å²) in [5.41, 5.74) is 0. The van der Waals surface area contributed by atoms with Crippen LogP contribution < -0.4 is 0 Å². The van der Waals surface area contributed by atoms with Gasteiger partial charge in [-0.3, -0.25) is 0 Å². The highest BCUT2D eigenvalue weighted by Crippen LogP contribution is 2.29. The monoisotopic (exact) mass is 288 g/mol. The molecule has 1 aromatic carbocycles. The number of alkyl halides is 1. The van der Waals surface area contributed by atoms with E-state index in [1.807, 2.05) is 24.3 Å². The first-order valence-corrected chi connectivity index (χ1v) is 6.80. The first-order chi connectivity index (χ1) is 8.16. The molecule has 0 spiro atoms. The van der Waals surface area contributed by atoms with Crippen LogP contribution in [0.5, 0.6) is 0 Å².